The quantitative estimate of drug-likeness (QED) is 0.415. The first-order valence-corrected chi connectivity index (χ1v) is 16.1. The number of hydrogen-bond donors (Lipinski definition) is 3. The average Bonchev–Trinajstić information content (AvgIpc) is 3.83. The summed E-state index contributed by atoms with van der Waals surface area (Å²) in [7, 11) is 1.92. The Morgan fingerprint density at radius 3 is 2.67 bits per heavy atom. The van der Waals surface area contributed by atoms with Crippen LogP contribution in [-0.2, 0) is 9.59 Å². The highest BCUT2D eigenvalue weighted by molar-refractivity contribution is 5.84. The van der Waals surface area contributed by atoms with Crippen molar-refractivity contribution in [1.82, 2.24) is 30.2 Å². The Labute approximate surface area is 247 Å². The van der Waals surface area contributed by atoms with E-state index in [1.165, 1.54) is 23.9 Å². The fourth-order valence-electron chi connectivity index (χ4n) is 9.53. The minimum absolute atomic E-state index is 0.0323. The molecule has 42 heavy (non-hydrogen) atoms. The second-order valence-corrected chi connectivity index (χ2v) is 13.7. The normalized spacial score (nSPS) is 35.3. The van der Waals surface area contributed by atoms with E-state index in [-0.39, 0.29) is 47.7 Å². The highest BCUT2D eigenvalue weighted by Crippen LogP contribution is 2.53. The van der Waals surface area contributed by atoms with Crippen LogP contribution in [0.25, 0.3) is 10.9 Å². The number of nitrogens with zero attached hydrogens (tertiary/aromatic N) is 4. The van der Waals surface area contributed by atoms with Crippen LogP contribution in [0.4, 0.5) is 4.79 Å². The van der Waals surface area contributed by atoms with Gasteiger partial charge in [0.25, 0.3) is 0 Å². The van der Waals surface area contributed by atoms with Gasteiger partial charge in [0.1, 0.15) is 6.29 Å². The monoisotopic (exact) mass is 575 g/mol. The van der Waals surface area contributed by atoms with Crippen LogP contribution in [0.5, 0.6) is 0 Å². The van der Waals surface area contributed by atoms with Gasteiger partial charge in [0.2, 0.25) is 5.91 Å². The molecule has 8 atom stereocenters. The van der Waals surface area contributed by atoms with E-state index >= 15 is 0 Å². The zero-order chi connectivity index (χ0) is 29.0. The molecule has 3 heterocycles. The van der Waals surface area contributed by atoms with Crippen LogP contribution in [0.3, 0.4) is 0 Å². The molecule has 3 aliphatic carbocycles. The minimum Gasteiger partial charge on any atom is -0.345 e. The number of nitrogens with one attached hydrogen (secondary N) is 2. The lowest BCUT2D eigenvalue weighted by atomic mass is 9.74. The summed E-state index contributed by atoms with van der Waals surface area (Å²) in [6.45, 7) is 5.23. The van der Waals surface area contributed by atoms with Crippen molar-refractivity contribution in [2.24, 2.45) is 41.2 Å². The van der Waals surface area contributed by atoms with Crippen LogP contribution < -0.4 is 11.1 Å². The van der Waals surface area contributed by atoms with Crippen molar-refractivity contribution in [2.45, 2.75) is 56.5 Å². The maximum atomic E-state index is 14.0. The Kier molecular flexibility index (Phi) is 7.46. The van der Waals surface area contributed by atoms with E-state index in [9.17, 15) is 14.4 Å². The lowest BCUT2D eigenvalue weighted by Crippen LogP contribution is -2.59. The number of fused-ring (bicyclic) bond motifs is 3. The predicted molar refractivity (Wildman–Crippen MR) is 159 cm³/mol. The van der Waals surface area contributed by atoms with Crippen molar-refractivity contribution < 1.29 is 14.4 Å². The van der Waals surface area contributed by atoms with E-state index in [0.29, 0.717) is 30.8 Å². The van der Waals surface area contributed by atoms with Crippen LogP contribution in [0.1, 0.15) is 50.1 Å². The van der Waals surface area contributed by atoms with Crippen LogP contribution in [-0.4, -0.2) is 102 Å². The summed E-state index contributed by atoms with van der Waals surface area (Å²) in [5, 5.41) is 12.0. The zero-order valence-corrected chi connectivity index (χ0v) is 24.7. The largest absolute Gasteiger partial charge is 0.345 e. The molecule has 3 saturated carbocycles. The number of amides is 3. The fourth-order valence-corrected chi connectivity index (χ4v) is 9.53. The number of rotatable bonds is 8. The number of urea groups is 1. The molecule has 1 aromatic carbocycles. The van der Waals surface area contributed by atoms with Crippen molar-refractivity contribution >= 4 is 29.1 Å². The lowest BCUT2D eigenvalue weighted by molar-refractivity contribution is -0.142. The summed E-state index contributed by atoms with van der Waals surface area (Å²) in [6.07, 6.45) is 7.56. The molecular formula is C32H45N7O3. The Morgan fingerprint density at radius 2 is 1.90 bits per heavy atom. The molecule has 0 spiro atoms. The maximum absolute atomic E-state index is 14.0. The van der Waals surface area contributed by atoms with Gasteiger partial charge in [-0.2, -0.15) is 5.10 Å². The molecule has 10 heteroatoms. The van der Waals surface area contributed by atoms with Crippen LogP contribution in [0.2, 0.25) is 0 Å². The molecule has 0 radical (unpaired) electrons. The molecule has 5 aliphatic rings. The van der Waals surface area contributed by atoms with Gasteiger partial charge in [0.15, 0.2) is 0 Å². The van der Waals surface area contributed by atoms with E-state index in [2.05, 4.69) is 38.6 Å². The average molecular weight is 576 g/mol. The smallest absolute Gasteiger partial charge is 0.317 e. The van der Waals surface area contributed by atoms with Gasteiger partial charge in [-0.25, -0.2) is 4.79 Å². The van der Waals surface area contributed by atoms with Gasteiger partial charge in [0, 0.05) is 62.2 Å². The summed E-state index contributed by atoms with van der Waals surface area (Å²) < 4.78 is 0. The molecule has 2 aliphatic heterocycles. The molecule has 1 aromatic heterocycles. The van der Waals surface area contributed by atoms with Gasteiger partial charge in [-0.05, 0) is 74.9 Å². The molecule has 2 saturated heterocycles. The number of piperidine rings is 1. The number of hydrogen-bond acceptors (Lipinski definition) is 6. The van der Waals surface area contributed by atoms with Crippen LogP contribution in [0.15, 0.2) is 24.3 Å². The first kappa shape index (κ1) is 27.8. The summed E-state index contributed by atoms with van der Waals surface area (Å²) in [6, 6.07) is 7.86. The van der Waals surface area contributed by atoms with Crippen molar-refractivity contribution in [3.8, 4) is 0 Å². The highest BCUT2D eigenvalue weighted by Gasteiger charge is 2.62. The van der Waals surface area contributed by atoms with Gasteiger partial charge in [-0.1, -0.05) is 24.6 Å². The van der Waals surface area contributed by atoms with E-state index < -0.39 is 0 Å². The van der Waals surface area contributed by atoms with E-state index in [0.717, 1.165) is 63.7 Å². The zero-order valence-electron chi connectivity index (χ0n) is 24.7. The van der Waals surface area contributed by atoms with Crippen molar-refractivity contribution in [1.29, 1.82) is 0 Å². The van der Waals surface area contributed by atoms with Crippen LogP contribution >= 0.6 is 0 Å². The van der Waals surface area contributed by atoms with E-state index in [1.54, 1.807) is 0 Å². The van der Waals surface area contributed by atoms with Gasteiger partial charge in [0.05, 0.1) is 17.5 Å². The third kappa shape index (κ3) is 4.71. The summed E-state index contributed by atoms with van der Waals surface area (Å²) in [5.74, 6) is 0.830. The summed E-state index contributed by atoms with van der Waals surface area (Å²) >= 11 is 0. The molecule has 4 N–H and O–H groups in total. The topological polar surface area (TPSA) is 128 Å². The summed E-state index contributed by atoms with van der Waals surface area (Å²) in [5.41, 5.74) is 8.93. The Bertz CT molecular complexity index is 1320. The standard InChI is InChI=1S/C32H45N7O3/c1-37(31(41)27-24-15-23(25(27)18-40)28(33)30(24)39-14-11-34-32(39)42)16-20-5-4-6-21(20)17-38-12-9-19(10-13-38)29-22-7-2-3-8-26(22)35-36-29/h2-3,7-8,18-21,23-25,27-28,30H,4-6,9-17,33H2,1H3,(H,34,42)(H,35,36). The van der Waals surface area contributed by atoms with E-state index in [4.69, 9.17) is 5.73 Å². The second-order valence-electron chi connectivity index (χ2n) is 13.7. The third-order valence-electron chi connectivity index (χ3n) is 11.6. The lowest BCUT2D eigenvalue weighted by Gasteiger charge is -2.42. The molecule has 226 valence electrons. The summed E-state index contributed by atoms with van der Waals surface area (Å²) in [4.78, 5) is 45.0. The van der Waals surface area contributed by atoms with Crippen molar-refractivity contribution in [2.75, 3.05) is 46.3 Å². The Balaban J connectivity index is 0.961. The van der Waals surface area contributed by atoms with Crippen LogP contribution in [0, 0.1) is 35.5 Å². The molecule has 7 rings (SSSR count). The number of para-hydroxylation sites is 1. The first-order chi connectivity index (χ1) is 20.4. The van der Waals surface area contributed by atoms with Gasteiger partial charge >= 0.3 is 6.03 Å². The van der Waals surface area contributed by atoms with Gasteiger partial charge in [-0.15, -0.1) is 0 Å². The number of nitrogens with two attached hydrogens (primary N) is 1. The highest BCUT2D eigenvalue weighted by atomic mass is 16.2. The van der Waals surface area contributed by atoms with Crippen molar-refractivity contribution in [3.05, 3.63) is 30.0 Å². The van der Waals surface area contributed by atoms with Crippen molar-refractivity contribution in [3.63, 3.8) is 0 Å². The molecule has 5 fully saturated rings. The first-order valence-electron chi connectivity index (χ1n) is 16.1. The molecule has 2 aromatic rings. The number of carbonyl (C=O) groups excluding carboxylic acids is 3. The number of aromatic nitrogens is 2. The SMILES string of the molecule is CN(CC1CCCC1CN1CCC(c2[nH]nc3ccccc23)CC1)C(=O)C1C(C=O)C2CC1C(N1CCNC1=O)C2N. The number of aldehydes is 1. The van der Waals surface area contributed by atoms with Gasteiger partial charge < -0.3 is 30.5 Å². The molecular weight excluding hydrogens is 530 g/mol. The number of H-pyrrole nitrogens is 1. The molecule has 2 bridgehead atoms. The number of aromatic amines is 1. The Hall–Kier alpha value is -2.98. The second kappa shape index (κ2) is 11.3. The number of likely N-dealkylation sites (tertiary alicyclic amines) is 1. The maximum Gasteiger partial charge on any atom is 0.317 e. The Morgan fingerprint density at radius 1 is 1.12 bits per heavy atom. The van der Waals surface area contributed by atoms with Gasteiger partial charge in [-0.3, -0.25) is 9.89 Å². The predicted octanol–water partition coefficient (Wildman–Crippen LogP) is 2.42. The fraction of sp³-hybridized carbons (Fsp3) is 0.688. The molecule has 8 unspecified atom stereocenters. The molecule has 3 amide bonds. The minimum atomic E-state index is -0.381. The third-order valence-corrected chi connectivity index (χ3v) is 11.6. The van der Waals surface area contributed by atoms with E-state index in [1.807, 2.05) is 22.9 Å². The number of benzene rings is 1. The number of carbonyl (C=O) groups is 3. The molecule has 10 nitrogen and oxygen atoms in total.